The van der Waals surface area contributed by atoms with E-state index in [0.717, 1.165) is 54.8 Å². The number of fused-ring (bicyclic) bond motifs is 5. The van der Waals surface area contributed by atoms with Crippen molar-refractivity contribution in [3.05, 3.63) is 11.6 Å². The van der Waals surface area contributed by atoms with Gasteiger partial charge in [0.2, 0.25) is 0 Å². The Hall–Kier alpha value is 0.850. The van der Waals surface area contributed by atoms with Gasteiger partial charge in [0.1, 0.15) is 0 Å². The molecule has 4 rings (SSSR count). The van der Waals surface area contributed by atoms with Crippen molar-refractivity contribution in [3.63, 3.8) is 0 Å². The monoisotopic (exact) mass is 490 g/mol. The molecule has 2 N–H and O–H groups in total. The molecule has 0 aliphatic heterocycles. The third-order valence-corrected chi connectivity index (χ3v) is 11.1. The Labute approximate surface area is 226 Å². The number of hydrogen-bond donors (Lipinski definition) is 2. The van der Waals surface area contributed by atoms with E-state index < -0.39 is 7.82 Å². The maximum Gasteiger partial charge on any atom is 1.00 e. The minimum absolute atomic E-state index is 0. The number of allylic oxidation sites excluding steroid dienone is 1. The van der Waals surface area contributed by atoms with Crippen molar-refractivity contribution >= 4 is 7.82 Å². The van der Waals surface area contributed by atoms with Crippen LogP contribution in [0.2, 0.25) is 0 Å². The Morgan fingerprint density at radius 1 is 1.09 bits per heavy atom. The standard InChI is InChI=1S/C27H47O4P.Na.H/c1-18(2)7-6-8-19(3)23-11-12-24-22-10-9-20-17-21(31-32(28,29)30)13-15-26(20,4)25(22)14-16-27(23,24)5;;/h9,18-19,21-25H,6-8,10-17H2,1-5H3,(H2,28,29,30);;/q;+1;-1/t19-,21+,22+,23-,24+,25+,26+,27-;;/m1../s1. The minimum atomic E-state index is -4.41. The van der Waals surface area contributed by atoms with Crippen LogP contribution in [0.4, 0.5) is 0 Å². The van der Waals surface area contributed by atoms with Crippen molar-refractivity contribution in [1.29, 1.82) is 0 Å². The molecule has 0 aromatic heterocycles. The summed E-state index contributed by atoms with van der Waals surface area (Å²) in [5, 5.41) is 0. The van der Waals surface area contributed by atoms with Gasteiger partial charge < -0.3 is 11.2 Å². The van der Waals surface area contributed by atoms with Crippen LogP contribution in [-0.4, -0.2) is 15.9 Å². The maximum absolute atomic E-state index is 11.4. The van der Waals surface area contributed by atoms with Gasteiger partial charge in [-0.2, -0.15) is 0 Å². The van der Waals surface area contributed by atoms with Crippen LogP contribution < -0.4 is 29.6 Å². The first-order chi connectivity index (χ1) is 14.9. The third kappa shape index (κ3) is 5.73. The van der Waals surface area contributed by atoms with Crippen LogP contribution in [0.1, 0.15) is 107 Å². The zero-order valence-corrected chi connectivity index (χ0v) is 24.9. The molecule has 0 spiro atoms. The Morgan fingerprint density at radius 2 is 1.82 bits per heavy atom. The normalized spacial score (nSPS) is 41.5. The number of rotatable bonds is 7. The molecular formula is C27H48NaO4P. The summed E-state index contributed by atoms with van der Waals surface area (Å²) in [6.07, 6.45) is 15.4. The van der Waals surface area contributed by atoms with Crippen molar-refractivity contribution in [2.45, 2.75) is 111 Å². The molecular weight excluding hydrogens is 442 g/mol. The predicted molar refractivity (Wildman–Crippen MR) is 131 cm³/mol. The van der Waals surface area contributed by atoms with E-state index in [1.807, 2.05) is 0 Å². The molecule has 6 heteroatoms. The fraction of sp³-hybridized carbons (Fsp3) is 0.926. The van der Waals surface area contributed by atoms with Gasteiger partial charge in [-0.1, -0.05) is 65.5 Å². The summed E-state index contributed by atoms with van der Waals surface area (Å²) in [7, 11) is -4.41. The summed E-state index contributed by atoms with van der Waals surface area (Å²) in [5.74, 6) is 4.89. The van der Waals surface area contributed by atoms with Gasteiger partial charge in [0.05, 0.1) is 6.10 Å². The molecule has 33 heavy (non-hydrogen) atoms. The van der Waals surface area contributed by atoms with Gasteiger partial charge in [-0.15, -0.1) is 0 Å². The molecule has 0 bridgehead atoms. The second kappa shape index (κ2) is 10.7. The smallest absolute Gasteiger partial charge is 1.00 e. The van der Waals surface area contributed by atoms with E-state index in [0.29, 0.717) is 11.8 Å². The van der Waals surface area contributed by atoms with Gasteiger partial charge in [-0.05, 0) is 97.7 Å². The molecule has 0 saturated heterocycles. The fourth-order valence-electron chi connectivity index (χ4n) is 8.94. The van der Waals surface area contributed by atoms with E-state index in [1.165, 1.54) is 50.5 Å². The molecule has 0 amide bonds. The Kier molecular flexibility index (Phi) is 9.20. The van der Waals surface area contributed by atoms with Crippen LogP contribution in [0.5, 0.6) is 0 Å². The molecule has 4 aliphatic carbocycles. The number of hydrogen-bond acceptors (Lipinski definition) is 2. The Bertz CT molecular complexity index is 770. The summed E-state index contributed by atoms with van der Waals surface area (Å²) in [4.78, 5) is 18.5. The molecule has 3 fully saturated rings. The van der Waals surface area contributed by atoms with Gasteiger partial charge in [0.15, 0.2) is 0 Å². The van der Waals surface area contributed by atoms with E-state index in [4.69, 9.17) is 4.52 Å². The van der Waals surface area contributed by atoms with Crippen molar-refractivity contribution < 1.29 is 49.9 Å². The van der Waals surface area contributed by atoms with Crippen LogP contribution in [0, 0.1) is 46.3 Å². The van der Waals surface area contributed by atoms with Crippen LogP contribution in [0.25, 0.3) is 0 Å². The molecule has 0 unspecified atom stereocenters. The molecule has 0 heterocycles. The zero-order valence-electron chi connectivity index (χ0n) is 23.1. The second-order valence-electron chi connectivity index (χ2n) is 12.8. The van der Waals surface area contributed by atoms with E-state index >= 15 is 0 Å². The van der Waals surface area contributed by atoms with E-state index in [2.05, 4.69) is 40.7 Å². The first-order valence-electron chi connectivity index (χ1n) is 13.4. The molecule has 0 aromatic carbocycles. The number of phosphoric acid groups is 1. The van der Waals surface area contributed by atoms with Crippen molar-refractivity contribution in [3.8, 4) is 0 Å². The molecule has 0 radical (unpaired) electrons. The van der Waals surface area contributed by atoms with Gasteiger partial charge >= 0.3 is 37.4 Å². The van der Waals surface area contributed by atoms with Crippen LogP contribution in [0.15, 0.2) is 11.6 Å². The van der Waals surface area contributed by atoms with Crippen molar-refractivity contribution in [2.75, 3.05) is 0 Å². The summed E-state index contributed by atoms with van der Waals surface area (Å²) in [5.41, 5.74) is 2.12. The molecule has 0 aromatic rings. The number of phosphoric ester groups is 1. The SMILES string of the molecule is CC(C)CCC[C@@H](C)[C@H]1CC[C@H]2[C@@H]3CC=C4C[C@@H](OP(=O)(O)O)CC[C@]4(C)[C@H]3CC[C@]12C.[H-].[Na+]. The summed E-state index contributed by atoms with van der Waals surface area (Å²) < 4.78 is 16.5. The van der Waals surface area contributed by atoms with E-state index in [1.54, 1.807) is 0 Å². The van der Waals surface area contributed by atoms with Gasteiger partial charge in [-0.3, -0.25) is 4.52 Å². The summed E-state index contributed by atoms with van der Waals surface area (Å²) in [6.45, 7) is 12.3. The maximum atomic E-state index is 11.4. The van der Waals surface area contributed by atoms with Crippen molar-refractivity contribution in [1.82, 2.24) is 0 Å². The third-order valence-electron chi connectivity index (χ3n) is 10.5. The van der Waals surface area contributed by atoms with Crippen LogP contribution in [0.3, 0.4) is 0 Å². The molecule has 186 valence electrons. The molecule has 3 saturated carbocycles. The average molecular weight is 491 g/mol. The summed E-state index contributed by atoms with van der Waals surface area (Å²) in [6, 6.07) is 0. The largest absolute Gasteiger partial charge is 1.00 e. The van der Waals surface area contributed by atoms with Gasteiger partial charge in [0, 0.05) is 0 Å². The molecule has 4 nitrogen and oxygen atoms in total. The first kappa shape index (κ1) is 28.4. The fourth-order valence-corrected chi connectivity index (χ4v) is 9.50. The Morgan fingerprint density at radius 3 is 2.48 bits per heavy atom. The van der Waals surface area contributed by atoms with Crippen LogP contribution >= 0.6 is 7.82 Å². The first-order valence-corrected chi connectivity index (χ1v) is 14.9. The quantitative estimate of drug-likeness (QED) is 0.310. The molecule has 8 atom stereocenters. The zero-order chi connectivity index (χ0) is 23.3. The predicted octanol–water partition coefficient (Wildman–Crippen LogP) is 4.62. The van der Waals surface area contributed by atoms with Gasteiger partial charge in [0.25, 0.3) is 0 Å². The topological polar surface area (TPSA) is 66.8 Å². The van der Waals surface area contributed by atoms with E-state index in [-0.39, 0.29) is 42.5 Å². The second-order valence-corrected chi connectivity index (χ2v) is 13.9. The minimum Gasteiger partial charge on any atom is -1.00 e. The Balaban J connectivity index is 0.00000204. The van der Waals surface area contributed by atoms with E-state index in [9.17, 15) is 14.4 Å². The summed E-state index contributed by atoms with van der Waals surface area (Å²) >= 11 is 0. The average Bonchev–Trinajstić information content (AvgIpc) is 3.04. The van der Waals surface area contributed by atoms with Crippen LogP contribution in [-0.2, 0) is 9.09 Å². The van der Waals surface area contributed by atoms with Crippen molar-refractivity contribution in [2.24, 2.45) is 46.3 Å². The van der Waals surface area contributed by atoms with Gasteiger partial charge in [-0.25, -0.2) is 4.57 Å². The molecule has 4 aliphatic rings.